The van der Waals surface area contributed by atoms with Crippen LogP contribution < -0.4 is 5.32 Å². The van der Waals surface area contributed by atoms with Gasteiger partial charge in [-0.05, 0) is 41.8 Å². The van der Waals surface area contributed by atoms with Gasteiger partial charge in [0, 0.05) is 35.5 Å². The second-order valence-corrected chi connectivity index (χ2v) is 9.20. The van der Waals surface area contributed by atoms with Gasteiger partial charge in [0.05, 0.1) is 13.2 Å². The van der Waals surface area contributed by atoms with Crippen LogP contribution in [0.2, 0.25) is 5.02 Å². The van der Waals surface area contributed by atoms with Crippen molar-refractivity contribution in [3.63, 3.8) is 0 Å². The van der Waals surface area contributed by atoms with Gasteiger partial charge in [-0.1, -0.05) is 17.7 Å². The standard InChI is InChI=1S/C20H19ClFN3O4S/c21-15-2-1-14-5-6-24(18(14)11-15)13-20(26)23-16-3-4-17(22)19(12-16)30(27,28)25-7-9-29-10-8-25/h1-6,11-12H,7-10,13H2,(H,23,26). The Bertz CT molecular complexity index is 1210. The molecule has 1 aliphatic rings. The third-order valence-corrected chi connectivity index (χ3v) is 7.00. The highest BCUT2D eigenvalue weighted by Crippen LogP contribution is 2.24. The van der Waals surface area contributed by atoms with Crippen LogP contribution in [0.3, 0.4) is 0 Å². The van der Waals surface area contributed by atoms with E-state index < -0.39 is 20.7 Å². The minimum Gasteiger partial charge on any atom is -0.379 e. The van der Waals surface area contributed by atoms with Gasteiger partial charge in [-0.15, -0.1) is 0 Å². The normalized spacial score (nSPS) is 15.4. The first-order chi connectivity index (χ1) is 14.3. The van der Waals surface area contributed by atoms with E-state index in [1.54, 1.807) is 22.9 Å². The Labute approximate surface area is 178 Å². The van der Waals surface area contributed by atoms with E-state index in [4.69, 9.17) is 16.3 Å². The second kappa shape index (κ2) is 8.35. The average molecular weight is 452 g/mol. The fourth-order valence-electron chi connectivity index (χ4n) is 3.36. The minimum atomic E-state index is -4.03. The molecule has 0 saturated carbocycles. The molecule has 1 aromatic heterocycles. The van der Waals surface area contributed by atoms with Gasteiger partial charge < -0.3 is 14.6 Å². The van der Waals surface area contributed by atoms with E-state index in [0.29, 0.717) is 5.02 Å². The zero-order chi connectivity index (χ0) is 21.3. The summed E-state index contributed by atoms with van der Waals surface area (Å²) in [6.07, 6.45) is 1.76. The summed E-state index contributed by atoms with van der Waals surface area (Å²) in [5, 5.41) is 4.13. The molecule has 0 atom stereocenters. The molecule has 0 spiro atoms. The third-order valence-electron chi connectivity index (χ3n) is 4.85. The predicted molar refractivity (Wildman–Crippen MR) is 112 cm³/mol. The fourth-order valence-corrected chi connectivity index (χ4v) is 5.02. The lowest BCUT2D eigenvalue weighted by atomic mass is 10.2. The van der Waals surface area contributed by atoms with Crippen LogP contribution in [-0.2, 0) is 26.1 Å². The molecule has 10 heteroatoms. The van der Waals surface area contributed by atoms with E-state index in [0.717, 1.165) is 23.0 Å². The van der Waals surface area contributed by atoms with Crippen LogP contribution in [0.25, 0.3) is 10.9 Å². The molecular weight excluding hydrogens is 433 g/mol. The Kier molecular flexibility index (Phi) is 5.79. The summed E-state index contributed by atoms with van der Waals surface area (Å²) in [4.78, 5) is 12.0. The highest BCUT2D eigenvalue weighted by Gasteiger charge is 2.29. The van der Waals surface area contributed by atoms with Crippen molar-refractivity contribution in [2.45, 2.75) is 11.4 Å². The fraction of sp³-hybridized carbons (Fsp3) is 0.250. The molecule has 2 heterocycles. The average Bonchev–Trinajstić information content (AvgIpc) is 3.11. The SMILES string of the molecule is O=C(Cn1ccc2ccc(Cl)cc21)Nc1ccc(F)c(S(=O)(=O)N2CCOCC2)c1. The summed E-state index contributed by atoms with van der Waals surface area (Å²) in [6, 6.07) is 10.8. The molecule has 30 heavy (non-hydrogen) atoms. The van der Waals surface area contributed by atoms with Crippen molar-refractivity contribution in [3.05, 3.63) is 59.5 Å². The number of halogens is 2. The van der Waals surface area contributed by atoms with Crippen LogP contribution in [0.1, 0.15) is 0 Å². The zero-order valence-electron chi connectivity index (χ0n) is 15.8. The summed E-state index contributed by atoms with van der Waals surface area (Å²) in [5.41, 5.74) is 0.995. The predicted octanol–water partition coefficient (Wildman–Crippen LogP) is 3.09. The number of amides is 1. The maximum absolute atomic E-state index is 14.3. The number of rotatable bonds is 5. The summed E-state index contributed by atoms with van der Waals surface area (Å²) in [7, 11) is -4.03. The molecule has 1 fully saturated rings. The topological polar surface area (TPSA) is 80.6 Å². The van der Waals surface area contributed by atoms with Crippen molar-refractivity contribution in [1.29, 1.82) is 0 Å². The van der Waals surface area contributed by atoms with Gasteiger partial charge in [0.2, 0.25) is 15.9 Å². The van der Waals surface area contributed by atoms with Gasteiger partial charge in [-0.3, -0.25) is 4.79 Å². The number of hydrogen-bond donors (Lipinski definition) is 1. The lowest BCUT2D eigenvalue weighted by Crippen LogP contribution is -2.40. The van der Waals surface area contributed by atoms with Gasteiger partial charge in [0.25, 0.3) is 0 Å². The monoisotopic (exact) mass is 451 g/mol. The number of fused-ring (bicyclic) bond motifs is 1. The maximum Gasteiger partial charge on any atom is 0.246 e. The first-order valence-corrected chi connectivity index (χ1v) is 11.1. The van der Waals surface area contributed by atoms with E-state index in [1.807, 2.05) is 12.1 Å². The number of hydrogen-bond acceptors (Lipinski definition) is 4. The van der Waals surface area contributed by atoms with E-state index in [1.165, 1.54) is 10.4 Å². The second-order valence-electron chi connectivity index (χ2n) is 6.86. The molecule has 158 valence electrons. The Morgan fingerprint density at radius 1 is 1.13 bits per heavy atom. The number of ether oxygens (including phenoxy) is 1. The molecule has 0 unspecified atom stereocenters. The Morgan fingerprint density at radius 3 is 2.67 bits per heavy atom. The molecule has 1 amide bonds. The summed E-state index contributed by atoms with van der Waals surface area (Å²) in [5.74, 6) is -1.25. The van der Waals surface area contributed by atoms with Crippen molar-refractivity contribution in [3.8, 4) is 0 Å². The van der Waals surface area contributed by atoms with Crippen LogP contribution in [0.4, 0.5) is 10.1 Å². The number of carbonyl (C=O) groups is 1. The van der Waals surface area contributed by atoms with Gasteiger partial charge in [0.15, 0.2) is 0 Å². The summed E-state index contributed by atoms with van der Waals surface area (Å²) in [6.45, 7) is 0.814. The molecular formula is C20H19ClFN3O4S. The molecule has 0 bridgehead atoms. The molecule has 1 aliphatic heterocycles. The molecule has 7 nitrogen and oxygen atoms in total. The molecule has 0 aliphatic carbocycles. The van der Waals surface area contributed by atoms with Crippen molar-refractivity contribution < 1.29 is 22.3 Å². The first kappa shape index (κ1) is 20.8. The van der Waals surface area contributed by atoms with E-state index in [2.05, 4.69) is 5.32 Å². The number of nitrogens with one attached hydrogen (secondary N) is 1. The van der Waals surface area contributed by atoms with E-state index in [9.17, 15) is 17.6 Å². The van der Waals surface area contributed by atoms with Crippen molar-refractivity contribution >= 4 is 44.1 Å². The van der Waals surface area contributed by atoms with Gasteiger partial charge >= 0.3 is 0 Å². The number of morpholine rings is 1. The van der Waals surface area contributed by atoms with Gasteiger partial charge in [-0.2, -0.15) is 4.31 Å². The van der Waals surface area contributed by atoms with Crippen LogP contribution in [0, 0.1) is 5.82 Å². The molecule has 2 aromatic carbocycles. The van der Waals surface area contributed by atoms with Crippen LogP contribution in [-0.4, -0.2) is 49.5 Å². The van der Waals surface area contributed by atoms with Crippen molar-refractivity contribution in [2.24, 2.45) is 0 Å². The molecule has 0 radical (unpaired) electrons. The highest BCUT2D eigenvalue weighted by atomic mass is 35.5. The van der Waals surface area contributed by atoms with Crippen molar-refractivity contribution in [1.82, 2.24) is 8.87 Å². The van der Waals surface area contributed by atoms with Gasteiger partial charge in [-0.25, -0.2) is 12.8 Å². The summed E-state index contributed by atoms with van der Waals surface area (Å²) < 4.78 is 47.9. The molecule has 1 saturated heterocycles. The number of aromatic nitrogens is 1. The maximum atomic E-state index is 14.3. The number of benzene rings is 2. The van der Waals surface area contributed by atoms with Crippen LogP contribution in [0.15, 0.2) is 53.6 Å². The molecule has 1 N–H and O–H groups in total. The van der Waals surface area contributed by atoms with Gasteiger partial charge in [0.1, 0.15) is 17.3 Å². The molecule has 4 rings (SSSR count). The van der Waals surface area contributed by atoms with Crippen LogP contribution >= 0.6 is 11.6 Å². The quantitative estimate of drug-likeness (QED) is 0.646. The largest absolute Gasteiger partial charge is 0.379 e. The van der Waals surface area contributed by atoms with E-state index >= 15 is 0 Å². The number of anilines is 1. The molecule has 3 aromatic rings. The minimum absolute atomic E-state index is 0.00718. The smallest absolute Gasteiger partial charge is 0.246 e. The Hall–Kier alpha value is -2.46. The Balaban J connectivity index is 1.54. The van der Waals surface area contributed by atoms with Crippen molar-refractivity contribution in [2.75, 3.05) is 31.6 Å². The zero-order valence-corrected chi connectivity index (χ0v) is 17.4. The number of carbonyl (C=O) groups excluding carboxylic acids is 1. The third kappa shape index (κ3) is 4.20. The number of nitrogens with zero attached hydrogens (tertiary/aromatic N) is 2. The van der Waals surface area contributed by atoms with E-state index in [-0.39, 0.29) is 44.4 Å². The lowest BCUT2D eigenvalue weighted by Gasteiger charge is -2.26. The highest BCUT2D eigenvalue weighted by molar-refractivity contribution is 7.89. The van der Waals surface area contributed by atoms with Crippen LogP contribution in [0.5, 0.6) is 0 Å². The first-order valence-electron chi connectivity index (χ1n) is 9.26. The lowest BCUT2D eigenvalue weighted by molar-refractivity contribution is -0.116. The summed E-state index contributed by atoms with van der Waals surface area (Å²) >= 11 is 6.03. The Morgan fingerprint density at radius 2 is 1.90 bits per heavy atom. The number of sulfonamides is 1.